The zero-order chi connectivity index (χ0) is 15.2. The molecule has 0 amide bonds. The van der Waals surface area contributed by atoms with Crippen molar-refractivity contribution in [3.63, 3.8) is 0 Å². The molecule has 0 spiro atoms. The monoisotopic (exact) mass is 295 g/mol. The van der Waals surface area contributed by atoms with Crippen molar-refractivity contribution in [1.29, 1.82) is 0 Å². The van der Waals surface area contributed by atoms with Gasteiger partial charge < -0.3 is 9.88 Å². The Morgan fingerprint density at radius 3 is 2.76 bits per heavy atom. The maximum Gasteiger partial charge on any atom is 0.434 e. The molecule has 6 heteroatoms. The smallest absolute Gasteiger partial charge is 0.356 e. The normalized spacial score (nSPS) is 18.2. The molecule has 1 aromatic heterocycles. The van der Waals surface area contributed by atoms with E-state index in [2.05, 4.69) is 10.3 Å². The molecule has 3 nitrogen and oxygen atoms in total. The summed E-state index contributed by atoms with van der Waals surface area (Å²) in [6.07, 6.45) is -2.57. The van der Waals surface area contributed by atoms with Crippen LogP contribution in [0.15, 0.2) is 24.4 Å². The lowest BCUT2D eigenvalue weighted by molar-refractivity contribution is -0.140. The minimum atomic E-state index is -4.42. The highest BCUT2D eigenvalue weighted by molar-refractivity contribution is 5.40. The maximum absolute atomic E-state index is 12.8. The molecular formula is C15H16F3N3. The van der Waals surface area contributed by atoms with Gasteiger partial charge in [0.25, 0.3) is 0 Å². The molecule has 1 aromatic carbocycles. The van der Waals surface area contributed by atoms with Gasteiger partial charge in [-0.3, -0.25) is 0 Å². The highest BCUT2D eigenvalue weighted by Crippen LogP contribution is 2.36. The molecule has 2 aromatic rings. The van der Waals surface area contributed by atoms with E-state index in [-0.39, 0.29) is 6.04 Å². The van der Waals surface area contributed by atoms with E-state index in [0.717, 1.165) is 29.3 Å². The van der Waals surface area contributed by atoms with Crippen molar-refractivity contribution < 1.29 is 13.2 Å². The van der Waals surface area contributed by atoms with Gasteiger partial charge in [0.2, 0.25) is 5.95 Å². The molecule has 21 heavy (non-hydrogen) atoms. The van der Waals surface area contributed by atoms with Crippen LogP contribution in [0.5, 0.6) is 0 Å². The van der Waals surface area contributed by atoms with Crippen molar-refractivity contribution in [3.05, 3.63) is 46.8 Å². The Bertz CT molecular complexity index is 673. The summed E-state index contributed by atoms with van der Waals surface area (Å²) < 4.78 is 40.1. The van der Waals surface area contributed by atoms with Crippen LogP contribution in [0, 0.1) is 13.8 Å². The fourth-order valence-electron chi connectivity index (χ4n) is 2.78. The van der Waals surface area contributed by atoms with Crippen molar-refractivity contribution in [1.82, 2.24) is 9.55 Å². The molecule has 0 saturated carbocycles. The number of alkyl halides is 3. The van der Waals surface area contributed by atoms with Crippen molar-refractivity contribution in [2.45, 2.75) is 32.5 Å². The first-order valence-electron chi connectivity index (χ1n) is 6.83. The third-order valence-electron chi connectivity index (χ3n) is 3.85. The van der Waals surface area contributed by atoms with Crippen LogP contribution >= 0.6 is 0 Å². The standard InChI is InChI=1S/C15H16F3N3/c1-9-3-4-10(2)11(7-9)12-5-6-19-14-20-13(8-21(12)14)15(16,17)18/h3-4,7-8,12H,5-6H2,1-2H3,(H,19,20). The second-order valence-corrected chi connectivity index (χ2v) is 5.45. The number of rotatable bonds is 1. The quantitative estimate of drug-likeness (QED) is 0.864. The molecule has 0 bridgehead atoms. The SMILES string of the molecule is Cc1ccc(C)c(C2CCNc3nc(C(F)(F)F)cn32)c1. The number of hydrogen-bond acceptors (Lipinski definition) is 2. The lowest BCUT2D eigenvalue weighted by atomic mass is 9.96. The molecule has 1 unspecified atom stereocenters. The number of nitrogens with one attached hydrogen (secondary N) is 1. The number of hydrogen-bond donors (Lipinski definition) is 1. The minimum absolute atomic E-state index is 0.107. The Morgan fingerprint density at radius 1 is 1.29 bits per heavy atom. The zero-order valence-corrected chi connectivity index (χ0v) is 11.8. The summed E-state index contributed by atoms with van der Waals surface area (Å²) >= 11 is 0. The van der Waals surface area contributed by atoms with Gasteiger partial charge >= 0.3 is 6.18 Å². The first-order chi connectivity index (χ1) is 9.86. The highest BCUT2D eigenvalue weighted by atomic mass is 19.4. The Hall–Kier alpha value is -1.98. The van der Waals surface area contributed by atoms with Crippen molar-refractivity contribution in [2.75, 3.05) is 11.9 Å². The Labute approximate surface area is 120 Å². The summed E-state index contributed by atoms with van der Waals surface area (Å²) in [4.78, 5) is 3.68. The van der Waals surface area contributed by atoms with Gasteiger partial charge in [-0.05, 0) is 31.4 Å². The van der Waals surface area contributed by atoms with Crippen molar-refractivity contribution >= 4 is 5.95 Å². The van der Waals surface area contributed by atoms with E-state index in [1.807, 2.05) is 32.0 Å². The van der Waals surface area contributed by atoms with Crippen LogP contribution in [-0.4, -0.2) is 16.1 Å². The van der Waals surface area contributed by atoms with E-state index >= 15 is 0 Å². The van der Waals surface area contributed by atoms with Gasteiger partial charge in [-0.15, -0.1) is 0 Å². The second kappa shape index (κ2) is 4.79. The fourth-order valence-corrected chi connectivity index (χ4v) is 2.78. The number of halogens is 3. The van der Waals surface area contributed by atoms with Crippen LogP contribution in [0.2, 0.25) is 0 Å². The molecule has 0 fully saturated rings. The predicted molar refractivity (Wildman–Crippen MR) is 74.4 cm³/mol. The van der Waals surface area contributed by atoms with Gasteiger partial charge in [-0.2, -0.15) is 13.2 Å². The van der Waals surface area contributed by atoms with Crippen LogP contribution in [-0.2, 0) is 6.18 Å². The van der Waals surface area contributed by atoms with Gasteiger partial charge in [0.1, 0.15) is 0 Å². The van der Waals surface area contributed by atoms with E-state index in [9.17, 15) is 13.2 Å². The van der Waals surface area contributed by atoms with E-state index < -0.39 is 11.9 Å². The van der Waals surface area contributed by atoms with Crippen LogP contribution in [0.4, 0.5) is 19.1 Å². The molecule has 1 N–H and O–H groups in total. The number of imidazole rings is 1. The van der Waals surface area contributed by atoms with E-state index in [1.54, 1.807) is 4.57 Å². The molecule has 112 valence electrons. The zero-order valence-electron chi connectivity index (χ0n) is 11.8. The van der Waals surface area contributed by atoms with Crippen molar-refractivity contribution in [2.24, 2.45) is 0 Å². The van der Waals surface area contributed by atoms with E-state index in [4.69, 9.17) is 0 Å². The van der Waals surface area contributed by atoms with Crippen molar-refractivity contribution in [3.8, 4) is 0 Å². The summed E-state index contributed by atoms with van der Waals surface area (Å²) in [5.41, 5.74) is 2.40. The topological polar surface area (TPSA) is 29.9 Å². The first-order valence-corrected chi connectivity index (χ1v) is 6.83. The number of aromatic nitrogens is 2. The molecule has 1 atom stereocenters. The summed E-state index contributed by atoms with van der Waals surface area (Å²) in [7, 11) is 0. The molecule has 0 radical (unpaired) electrons. The fraction of sp³-hybridized carbons (Fsp3) is 0.400. The third kappa shape index (κ3) is 2.50. The van der Waals surface area contributed by atoms with Gasteiger partial charge in [0, 0.05) is 12.7 Å². The number of aryl methyl sites for hydroxylation is 2. The average molecular weight is 295 g/mol. The lowest BCUT2D eigenvalue weighted by Gasteiger charge is -2.27. The Balaban J connectivity index is 2.08. The minimum Gasteiger partial charge on any atom is -0.356 e. The molecule has 2 heterocycles. The lowest BCUT2D eigenvalue weighted by Crippen LogP contribution is -2.23. The predicted octanol–water partition coefficient (Wildman–Crippen LogP) is 3.92. The average Bonchev–Trinajstić information content (AvgIpc) is 2.85. The van der Waals surface area contributed by atoms with E-state index in [0.29, 0.717) is 12.5 Å². The first kappa shape index (κ1) is 14.0. The number of benzene rings is 1. The third-order valence-corrected chi connectivity index (χ3v) is 3.85. The van der Waals surface area contributed by atoms with Gasteiger partial charge in [0.15, 0.2) is 5.69 Å². The van der Waals surface area contributed by atoms with Crippen LogP contribution < -0.4 is 5.32 Å². The number of fused-ring (bicyclic) bond motifs is 1. The maximum atomic E-state index is 12.8. The second-order valence-electron chi connectivity index (χ2n) is 5.45. The number of nitrogens with zero attached hydrogens (tertiary/aromatic N) is 2. The summed E-state index contributed by atoms with van der Waals surface area (Å²) in [6, 6.07) is 5.96. The molecule has 1 aliphatic heterocycles. The van der Waals surface area contributed by atoms with E-state index in [1.165, 1.54) is 0 Å². The van der Waals surface area contributed by atoms with Gasteiger partial charge in [-0.25, -0.2) is 4.98 Å². The molecule has 0 saturated heterocycles. The van der Waals surface area contributed by atoms with Crippen LogP contribution in [0.3, 0.4) is 0 Å². The van der Waals surface area contributed by atoms with Crippen LogP contribution in [0.1, 0.15) is 34.8 Å². The number of anilines is 1. The van der Waals surface area contributed by atoms with Gasteiger partial charge in [0.05, 0.1) is 6.04 Å². The summed E-state index contributed by atoms with van der Waals surface area (Å²) in [6.45, 7) is 4.59. The molecule has 3 rings (SSSR count). The summed E-state index contributed by atoms with van der Waals surface area (Å²) in [5.74, 6) is 0.291. The molecular weight excluding hydrogens is 279 g/mol. The Kier molecular flexibility index (Phi) is 3.19. The van der Waals surface area contributed by atoms with Gasteiger partial charge in [-0.1, -0.05) is 23.8 Å². The molecule has 0 aliphatic carbocycles. The largest absolute Gasteiger partial charge is 0.434 e. The van der Waals surface area contributed by atoms with Crippen LogP contribution in [0.25, 0.3) is 0 Å². The highest BCUT2D eigenvalue weighted by Gasteiger charge is 2.36. The summed E-state index contributed by atoms with van der Waals surface area (Å²) in [5, 5.41) is 2.94. The Morgan fingerprint density at radius 2 is 2.05 bits per heavy atom. The molecule has 1 aliphatic rings.